The highest BCUT2D eigenvalue weighted by molar-refractivity contribution is 5.03. The van der Waals surface area contributed by atoms with Gasteiger partial charge >= 0.3 is 0 Å². The minimum absolute atomic E-state index is 0.000324. The molecule has 70 valence electrons. The molecule has 3 N–H and O–H groups in total. The molecule has 1 saturated heterocycles. The molecule has 0 radical (unpaired) electrons. The largest absolute Gasteiger partial charge is 0.464 e. The molecule has 1 rings (SSSR count). The average Bonchev–Trinajstić information content (AvgIpc) is 2.08. The summed E-state index contributed by atoms with van der Waals surface area (Å²) < 4.78 is 9.54. The fourth-order valence-electron chi connectivity index (χ4n) is 1.01. The molecule has 0 unspecified atom stereocenters. The van der Waals surface area contributed by atoms with E-state index in [-0.39, 0.29) is 5.76 Å². The van der Waals surface area contributed by atoms with Crippen molar-refractivity contribution in [2.45, 2.75) is 24.6 Å². The van der Waals surface area contributed by atoms with E-state index in [1.165, 1.54) is 7.11 Å². The van der Waals surface area contributed by atoms with Gasteiger partial charge in [0.05, 0.1) is 0 Å². The molecule has 1 aliphatic rings. The van der Waals surface area contributed by atoms with Crippen LogP contribution in [0.25, 0.3) is 0 Å². The van der Waals surface area contributed by atoms with Gasteiger partial charge in [0.1, 0.15) is 24.1 Å². The Morgan fingerprint density at radius 3 is 2.42 bits per heavy atom. The van der Waals surface area contributed by atoms with Crippen molar-refractivity contribution in [1.29, 1.82) is 0 Å². The molecule has 0 aromatic heterocycles. The third-order valence-electron chi connectivity index (χ3n) is 1.78. The maximum Gasteiger partial charge on any atom is 0.228 e. The van der Waals surface area contributed by atoms with Crippen molar-refractivity contribution in [3.05, 3.63) is 12.3 Å². The van der Waals surface area contributed by atoms with Gasteiger partial charge in [-0.05, 0) is 0 Å². The Morgan fingerprint density at radius 2 is 1.92 bits per heavy atom. The van der Waals surface area contributed by atoms with E-state index < -0.39 is 24.6 Å². The molecule has 0 aliphatic carbocycles. The highest BCUT2D eigenvalue weighted by Gasteiger charge is 2.40. The number of hydrogen-bond donors (Lipinski definition) is 3. The summed E-state index contributed by atoms with van der Waals surface area (Å²) in [7, 11) is 1.32. The number of methoxy groups -OCH3 is 1. The first-order valence-electron chi connectivity index (χ1n) is 3.50. The molecule has 4 atom stereocenters. The quantitative estimate of drug-likeness (QED) is 0.457. The molecule has 0 spiro atoms. The van der Waals surface area contributed by atoms with Gasteiger partial charge in [-0.3, -0.25) is 0 Å². The lowest BCUT2D eigenvalue weighted by molar-refractivity contribution is -0.235. The lowest BCUT2D eigenvalue weighted by atomic mass is 10.0. The van der Waals surface area contributed by atoms with E-state index >= 15 is 0 Å². The van der Waals surface area contributed by atoms with Crippen LogP contribution in [-0.4, -0.2) is 47.0 Å². The zero-order valence-corrected chi connectivity index (χ0v) is 6.67. The molecule has 1 heterocycles. The molecule has 5 heteroatoms. The molecular weight excluding hydrogens is 164 g/mol. The molecule has 1 fully saturated rings. The SMILES string of the molecule is C=C1O[C@@H](OC)[C@H](O)[C@@H](O)[C@@H]1O. The molecule has 12 heavy (non-hydrogen) atoms. The zero-order chi connectivity index (χ0) is 9.30. The van der Waals surface area contributed by atoms with Crippen LogP contribution in [0.4, 0.5) is 0 Å². The lowest BCUT2D eigenvalue weighted by Gasteiger charge is -2.35. The summed E-state index contributed by atoms with van der Waals surface area (Å²) in [5, 5.41) is 27.6. The Labute approximate surface area is 69.8 Å². The first-order valence-corrected chi connectivity index (χ1v) is 3.50. The van der Waals surface area contributed by atoms with Crippen molar-refractivity contribution in [2.75, 3.05) is 7.11 Å². The molecule has 0 bridgehead atoms. The van der Waals surface area contributed by atoms with Crippen LogP contribution >= 0.6 is 0 Å². The molecule has 0 saturated carbocycles. The van der Waals surface area contributed by atoms with Crippen LogP contribution in [0, 0.1) is 0 Å². The van der Waals surface area contributed by atoms with Crippen molar-refractivity contribution in [3.63, 3.8) is 0 Å². The Morgan fingerprint density at radius 1 is 1.33 bits per heavy atom. The van der Waals surface area contributed by atoms with Crippen LogP contribution in [0.15, 0.2) is 12.3 Å². The molecule has 5 nitrogen and oxygen atoms in total. The van der Waals surface area contributed by atoms with E-state index in [1.807, 2.05) is 0 Å². The summed E-state index contributed by atoms with van der Waals surface area (Å²) in [4.78, 5) is 0. The average molecular weight is 176 g/mol. The number of rotatable bonds is 1. The molecule has 0 aromatic carbocycles. The van der Waals surface area contributed by atoms with Gasteiger partial charge in [0, 0.05) is 7.11 Å². The smallest absolute Gasteiger partial charge is 0.228 e. The van der Waals surface area contributed by atoms with E-state index in [0.29, 0.717) is 0 Å². The van der Waals surface area contributed by atoms with Crippen molar-refractivity contribution >= 4 is 0 Å². The van der Waals surface area contributed by atoms with Crippen LogP contribution in [-0.2, 0) is 9.47 Å². The van der Waals surface area contributed by atoms with E-state index in [9.17, 15) is 10.2 Å². The van der Waals surface area contributed by atoms with Crippen molar-refractivity contribution < 1.29 is 24.8 Å². The normalized spacial score (nSPS) is 42.5. The minimum Gasteiger partial charge on any atom is -0.464 e. The van der Waals surface area contributed by atoms with Crippen LogP contribution in [0.5, 0.6) is 0 Å². The van der Waals surface area contributed by atoms with Crippen molar-refractivity contribution in [1.82, 2.24) is 0 Å². The van der Waals surface area contributed by atoms with Gasteiger partial charge in [-0.1, -0.05) is 6.58 Å². The first-order chi connectivity index (χ1) is 5.57. The van der Waals surface area contributed by atoms with Gasteiger partial charge in [-0.15, -0.1) is 0 Å². The fraction of sp³-hybridized carbons (Fsp3) is 0.714. The second-order valence-corrected chi connectivity index (χ2v) is 2.61. The zero-order valence-electron chi connectivity index (χ0n) is 6.67. The van der Waals surface area contributed by atoms with E-state index in [4.69, 9.17) is 9.84 Å². The number of aliphatic hydroxyl groups excluding tert-OH is 3. The number of ether oxygens (including phenoxy) is 2. The Balaban J connectivity index is 2.70. The summed E-state index contributed by atoms with van der Waals surface area (Å²) >= 11 is 0. The monoisotopic (exact) mass is 176 g/mol. The van der Waals surface area contributed by atoms with Crippen molar-refractivity contribution in [3.8, 4) is 0 Å². The van der Waals surface area contributed by atoms with Crippen LogP contribution in [0.2, 0.25) is 0 Å². The molecule has 0 amide bonds. The third-order valence-corrected chi connectivity index (χ3v) is 1.78. The topological polar surface area (TPSA) is 79.2 Å². The maximum atomic E-state index is 9.22. The molecule has 1 aliphatic heterocycles. The van der Waals surface area contributed by atoms with Crippen molar-refractivity contribution in [2.24, 2.45) is 0 Å². The summed E-state index contributed by atoms with van der Waals surface area (Å²) in [6, 6.07) is 0. The molecule has 0 aromatic rings. The summed E-state index contributed by atoms with van der Waals surface area (Å²) in [5.74, 6) is -0.000324. The fourth-order valence-corrected chi connectivity index (χ4v) is 1.01. The van der Waals surface area contributed by atoms with E-state index in [2.05, 4.69) is 11.3 Å². The minimum atomic E-state index is -1.31. The predicted octanol–water partition coefficient (Wildman–Crippen LogP) is -1.41. The van der Waals surface area contributed by atoms with E-state index in [0.717, 1.165) is 0 Å². The van der Waals surface area contributed by atoms with E-state index in [1.54, 1.807) is 0 Å². The predicted molar refractivity (Wildman–Crippen MR) is 39.0 cm³/mol. The van der Waals surface area contributed by atoms with Gasteiger partial charge in [-0.25, -0.2) is 0 Å². The standard InChI is InChI=1S/C7H12O5/c1-3-4(8)5(9)6(10)7(11-2)12-3/h4-10H,1H2,2H3/t4-,5+,6-,7-/m1/s1. The summed E-state index contributed by atoms with van der Waals surface area (Å²) in [5.41, 5.74) is 0. The summed E-state index contributed by atoms with van der Waals surface area (Å²) in [6.07, 6.45) is -4.78. The first kappa shape index (κ1) is 9.47. The lowest BCUT2D eigenvalue weighted by Crippen LogP contribution is -2.52. The Bertz CT molecular complexity index is 179. The van der Waals surface area contributed by atoms with Gasteiger partial charge in [0.15, 0.2) is 0 Å². The maximum absolute atomic E-state index is 9.22. The highest BCUT2D eigenvalue weighted by atomic mass is 16.7. The number of hydrogen-bond acceptors (Lipinski definition) is 5. The highest BCUT2D eigenvalue weighted by Crippen LogP contribution is 2.22. The van der Waals surface area contributed by atoms with Gasteiger partial charge in [0.25, 0.3) is 0 Å². The Hall–Kier alpha value is -0.620. The van der Waals surface area contributed by atoms with Crippen LogP contribution < -0.4 is 0 Å². The third kappa shape index (κ3) is 1.44. The van der Waals surface area contributed by atoms with Crippen LogP contribution in [0.3, 0.4) is 0 Å². The molecular formula is C7H12O5. The Kier molecular flexibility index (Phi) is 2.69. The second kappa shape index (κ2) is 3.40. The van der Waals surface area contributed by atoms with Gasteiger partial charge in [0.2, 0.25) is 6.29 Å². The van der Waals surface area contributed by atoms with Crippen LogP contribution in [0.1, 0.15) is 0 Å². The second-order valence-electron chi connectivity index (χ2n) is 2.61. The van der Waals surface area contributed by atoms with Gasteiger partial charge in [-0.2, -0.15) is 0 Å². The summed E-state index contributed by atoms with van der Waals surface area (Å²) in [6.45, 7) is 3.35. The van der Waals surface area contributed by atoms with Gasteiger partial charge < -0.3 is 24.8 Å². The number of aliphatic hydroxyl groups is 3.